The Hall–Kier alpha value is -1.39. The number of carbonyl (C=O) groups excluding carboxylic acids is 1. The van der Waals surface area contributed by atoms with E-state index in [1.807, 2.05) is 0 Å². The zero-order chi connectivity index (χ0) is 11.8. The van der Waals surface area contributed by atoms with Gasteiger partial charge in [-0.05, 0) is 26.0 Å². The summed E-state index contributed by atoms with van der Waals surface area (Å²) >= 11 is 0. The Labute approximate surface area is 93.8 Å². The molecule has 0 aromatic heterocycles. The van der Waals surface area contributed by atoms with Gasteiger partial charge in [0.1, 0.15) is 5.75 Å². The monoisotopic (exact) mass is 222 g/mol. The van der Waals surface area contributed by atoms with E-state index in [0.717, 1.165) is 0 Å². The molecule has 0 atom stereocenters. The number of hydrogen-bond acceptors (Lipinski definition) is 4. The van der Waals surface area contributed by atoms with Crippen LogP contribution in [-0.4, -0.2) is 24.1 Å². The Kier molecular flexibility index (Phi) is 2.69. The van der Waals surface area contributed by atoms with Crippen molar-refractivity contribution >= 4 is 5.78 Å². The fourth-order valence-electron chi connectivity index (χ4n) is 1.86. The second-order valence-electron chi connectivity index (χ2n) is 3.90. The van der Waals surface area contributed by atoms with Gasteiger partial charge in [0.2, 0.25) is 0 Å². The summed E-state index contributed by atoms with van der Waals surface area (Å²) in [6.07, 6.45) is 0. The number of ketones is 1. The summed E-state index contributed by atoms with van der Waals surface area (Å²) in [5, 5.41) is 10.0. The molecule has 0 unspecified atom stereocenters. The van der Waals surface area contributed by atoms with Gasteiger partial charge >= 0.3 is 0 Å². The average Bonchev–Trinajstić information content (AvgIpc) is 2.66. The zero-order valence-corrected chi connectivity index (χ0v) is 9.32. The first-order chi connectivity index (χ1) is 7.54. The van der Waals surface area contributed by atoms with Crippen LogP contribution in [0.5, 0.6) is 5.75 Å². The second-order valence-corrected chi connectivity index (χ2v) is 3.90. The zero-order valence-electron chi connectivity index (χ0n) is 9.32. The molecular weight excluding hydrogens is 208 g/mol. The molecule has 4 nitrogen and oxygen atoms in total. The maximum Gasteiger partial charge on any atom is 0.195 e. The van der Waals surface area contributed by atoms with E-state index in [1.165, 1.54) is 6.92 Å². The summed E-state index contributed by atoms with van der Waals surface area (Å²) in [6.45, 7) is 4.12. The molecule has 0 spiro atoms. The van der Waals surface area contributed by atoms with Crippen LogP contribution in [0.15, 0.2) is 18.2 Å². The van der Waals surface area contributed by atoms with Crippen LogP contribution in [0.3, 0.4) is 0 Å². The molecule has 1 N–H and O–H groups in total. The van der Waals surface area contributed by atoms with E-state index >= 15 is 0 Å². The van der Waals surface area contributed by atoms with Crippen molar-refractivity contribution in [2.24, 2.45) is 0 Å². The van der Waals surface area contributed by atoms with Crippen molar-refractivity contribution in [2.75, 3.05) is 13.2 Å². The number of aromatic hydroxyl groups is 1. The van der Waals surface area contributed by atoms with Crippen molar-refractivity contribution in [1.29, 1.82) is 0 Å². The summed E-state index contributed by atoms with van der Waals surface area (Å²) in [7, 11) is 0. The van der Waals surface area contributed by atoms with Gasteiger partial charge in [-0.15, -0.1) is 0 Å². The molecule has 2 rings (SSSR count). The number of phenolic OH excluding ortho intramolecular Hbond substituents is 1. The molecule has 1 aliphatic rings. The number of phenols is 1. The van der Waals surface area contributed by atoms with Gasteiger partial charge in [0.25, 0.3) is 0 Å². The minimum atomic E-state index is -0.949. The Morgan fingerprint density at radius 2 is 2.00 bits per heavy atom. The van der Waals surface area contributed by atoms with Gasteiger partial charge in [0.15, 0.2) is 11.6 Å². The molecule has 1 saturated heterocycles. The summed E-state index contributed by atoms with van der Waals surface area (Å²) in [5.41, 5.74) is 0.788. The lowest BCUT2D eigenvalue weighted by molar-refractivity contribution is -0.150. The first-order valence-electron chi connectivity index (χ1n) is 5.16. The highest BCUT2D eigenvalue weighted by molar-refractivity contribution is 5.97. The van der Waals surface area contributed by atoms with E-state index in [0.29, 0.717) is 18.8 Å². The van der Waals surface area contributed by atoms with Gasteiger partial charge in [-0.2, -0.15) is 0 Å². The molecule has 0 aliphatic carbocycles. The quantitative estimate of drug-likeness (QED) is 0.775. The van der Waals surface area contributed by atoms with Crippen molar-refractivity contribution in [1.82, 2.24) is 0 Å². The lowest BCUT2D eigenvalue weighted by atomic mass is 10.0. The summed E-state index contributed by atoms with van der Waals surface area (Å²) < 4.78 is 10.9. The van der Waals surface area contributed by atoms with E-state index in [9.17, 15) is 9.90 Å². The molecule has 1 aromatic rings. The Morgan fingerprint density at radius 1 is 1.38 bits per heavy atom. The third-order valence-corrected chi connectivity index (χ3v) is 2.74. The first-order valence-corrected chi connectivity index (χ1v) is 5.16. The van der Waals surface area contributed by atoms with E-state index in [4.69, 9.17) is 9.47 Å². The molecule has 1 fully saturated rings. The number of benzene rings is 1. The standard InChI is InChI=1S/C12H14O4/c1-8(13)9-4-3-5-10(11(9)14)12(2)15-6-7-16-12/h3-5,14H,6-7H2,1-2H3. The topological polar surface area (TPSA) is 55.8 Å². The van der Waals surface area contributed by atoms with Crippen LogP contribution in [0, 0.1) is 0 Å². The van der Waals surface area contributed by atoms with Crippen molar-refractivity contribution in [2.45, 2.75) is 19.6 Å². The predicted octanol–water partition coefficient (Wildman–Crippen LogP) is 1.81. The molecule has 0 radical (unpaired) electrons. The van der Waals surface area contributed by atoms with Crippen molar-refractivity contribution in [3.8, 4) is 5.75 Å². The lowest BCUT2D eigenvalue weighted by Crippen LogP contribution is -2.23. The second kappa shape index (κ2) is 3.88. The lowest BCUT2D eigenvalue weighted by Gasteiger charge is -2.24. The number of rotatable bonds is 2. The number of carbonyl (C=O) groups is 1. The molecule has 1 aliphatic heterocycles. The fraction of sp³-hybridized carbons (Fsp3) is 0.417. The number of Topliss-reactive ketones (excluding diaryl/α,β-unsaturated/α-hetero) is 1. The summed E-state index contributed by atoms with van der Waals surface area (Å²) in [6, 6.07) is 4.99. The fourth-order valence-corrected chi connectivity index (χ4v) is 1.86. The maximum atomic E-state index is 11.3. The molecule has 86 valence electrons. The minimum absolute atomic E-state index is 0.0561. The molecule has 0 saturated carbocycles. The van der Waals surface area contributed by atoms with Gasteiger partial charge in [-0.1, -0.05) is 6.07 Å². The van der Waals surface area contributed by atoms with Crippen LogP contribution in [0.4, 0.5) is 0 Å². The van der Waals surface area contributed by atoms with Crippen LogP contribution in [0.1, 0.15) is 29.8 Å². The van der Waals surface area contributed by atoms with E-state index in [-0.39, 0.29) is 17.1 Å². The van der Waals surface area contributed by atoms with Crippen LogP contribution in [0.2, 0.25) is 0 Å². The highest BCUT2D eigenvalue weighted by Gasteiger charge is 2.36. The van der Waals surface area contributed by atoms with Crippen LogP contribution in [-0.2, 0) is 15.3 Å². The predicted molar refractivity (Wildman–Crippen MR) is 57.4 cm³/mol. The van der Waals surface area contributed by atoms with Gasteiger partial charge in [0, 0.05) is 0 Å². The maximum absolute atomic E-state index is 11.3. The molecule has 16 heavy (non-hydrogen) atoms. The molecule has 1 aromatic carbocycles. The number of para-hydroxylation sites is 1. The van der Waals surface area contributed by atoms with Gasteiger partial charge in [-0.25, -0.2) is 0 Å². The molecule has 4 heteroatoms. The van der Waals surface area contributed by atoms with Crippen LogP contribution < -0.4 is 0 Å². The summed E-state index contributed by atoms with van der Waals surface area (Å²) in [4.78, 5) is 11.3. The third-order valence-electron chi connectivity index (χ3n) is 2.74. The minimum Gasteiger partial charge on any atom is -0.507 e. The highest BCUT2D eigenvalue weighted by Crippen LogP contribution is 2.37. The molecule has 1 heterocycles. The van der Waals surface area contributed by atoms with E-state index in [2.05, 4.69) is 0 Å². The average molecular weight is 222 g/mol. The number of hydrogen-bond donors (Lipinski definition) is 1. The van der Waals surface area contributed by atoms with Gasteiger partial charge < -0.3 is 14.6 Å². The Balaban J connectivity index is 2.49. The SMILES string of the molecule is CC(=O)c1cccc(C2(C)OCCO2)c1O. The smallest absolute Gasteiger partial charge is 0.195 e. The Bertz CT molecular complexity index is 419. The van der Waals surface area contributed by atoms with Crippen molar-refractivity contribution in [3.63, 3.8) is 0 Å². The van der Waals surface area contributed by atoms with Gasteiger partial charge in [0.05, 0.1) is 24.3 Å². The highest BCUT2D eigenvalue weighted by atomic mass is 16.7. The Morgan fingerprint density at radius 3 is 2.56 bits per heavy atom. The summed E-state index contributed by atoms with van der Waals surface area (Å²) in [5.74, 6) is -1.18. The first kappa shape index (κ1) is 11.1. The van der Waals surface area contributed by atoms with Crippen molar-refractivity contribution < 1.29 is 19.4 Å². The molecular formula is C12H14O4. The molecule has 0 bridgehead atoms. The van der Waals surface area contributed by atoms with Crippen LogP contribution in [0.25, 0.3) is 0 Å². The number of ether oxygens (including phenoxy) is 2. The third kappa shape index (κ3) is 1.70. The van der Waals surface area contributed by atoms with E-state index in [1.54, 1.807) is 25.1 Å². The normalized spacial score (nSPS) is 18.6. The molecule has 0 amide bonds. The van der Waals surface area contributed by atoms with Gasteiger partial charge in [-0.3, -0.25) is 4.79 Å². The van der Waals surface area contributed by atoms with E-state index < -0.39 is 5.79 Å². The largest absolute Gasteiger partial charge is 0.507 e. The van der Waals surface area contributed by atoms with Crippen LogP contribution >= 0.6 is 0 Å². The van der Waals surface area contributed by atoms with Crippen molar-refractivity contribution in [3.05, 3.63) is 29.3 Å².